The lowest BCUT2D eigenvalue weighted by Gasteiger charge is -2.35. The van der Waals surface area contributed by atoms with E-state index in [1.54, 1.807) is 19.1 Å². The molecule has 0 aliphatic carbocycles. The van der Waals surface area contributed by atoms with Gasteiger partial charge in [-0.3, -0.25) is 9.69 Å². The Balaban J connectivity index is 2.12. The molecule has 2 aromatic rings. The number of anilines is 1. The Morgan fingerprint density at radius 1 is 1.19 bits per heavy atom. The van der Waals surface area contributed by atoms with Gasteiger partial charge in [-0.1, -0.05) is 24.3 Å². The van der Waals surface area contributed by atoms with Crippen LogP contribution < -0.4 is 15.0 Å². The molecule has 6 heteroatoms. The van der Waals surface area contributed by atoms with Crippen LogP contribution in [-0.2, 0) is 4.79 Å². The Labute approximate surface area is 151 Å². The van der Waals surface area contributed by atoms with Crippen LogP contribution in [0.25, 0.3) is 0 Å². The fourth-order valence-corrected chi connectivity index (χ4v) is 3.21. The molecule has 26 heavy (non-hydrogen) atoms. The van der Waals surface area contributed by atoms with Gasteiger partial charge in [-0.15, -0.1) is 0 Å². The number of ether oxygens (including phenoxy) is 1. The molecule has 0 fully saturated rings. The smallest absolute Gasteiger partial charge is 0.326 e. The first-order valence-corrected chi connectivity index (χ1v) is 8.18. The number of hydrogen-bond acceptors (Lipinski definition) is 4. The number of hydrogen-bond donors (Lipinski definition) is 2. The molecule has 0 aromatic heterocycles. The Hall–Kier alpha value is -3.28. The molecule has 0 radical (unpaired) electrons. The summed E-state index contributed by atoms with van der Waals surface area (Å²) in [5.74, 6) is 0.137. The van der Waals surface area contributed by atoms with E-state index in [-0.39, 0.29) is 23.3 Å². The summed E-state index contributed by atoms with van der Waals surface area (Å²) in [6, 6.07) is 13.0. The van der Waals surface area contributed by atoms with Crippen molar-refractivity contribution >= 4 is 17.5 Å². The molecule has 1 heterocycles. The zero-order chi connectivity index (χ0) is 18.8. The molecule has 2 N–H and O–H groups in total. The number of nitrogens with one attached hydrogen (secondary N) is 1. The number of para-hydroxylation sites is 1. The maximum atomic E-state index is 12.8. The van der Waals surface area contributed by atoms with Gasteiger partial charge in [0.2, 0.25) is 0 Å². The minimum atomic E-state index is -0.616. The molecule has 2 amide bonds. The van der Waals surface area contributed by atoms with Gasteiger partial charge >= 0.3 is 6.03 Å². The normalized spacial score (nSPS) is 17.1. The van der Waals surface area contributed by atoms with Crippen LogP contribution in [0.2, 0.25) is 0 Å². The highest BCUT2D eigenvalue weighted by atomic mass is 16.5. The highest BCUT2D eigenvalue weighted by Crippen LogP contribution is 2.36. The number of amides is 2. The van der Waals surface area contributed by atoms with Crippen molar-refractivity contribution in [2.45, 2.75) is 19.9 Å². The SMILES string of the molecule is COc1cc([C@H]2NC(=O)N(c3ccccc3)C(C)=C2C(C)=O)ccc1O. The monoisotopic (exact) mass is 352 g/mol. The number of phenolic OH excluding ortho intramolecular Hbond substituents is 1. The molecule has 0 unspecified atom stereocenters. The average molecular weight is 352 g/mol. The molecule has 1 aliphatic rings. The second-order valence-electron chi connectivity index (χ2n) is 6.04. The summed E-state index contributed by atoms with van der Waals surface area (Å²) in [5.41, 5.74) is 2.40. The first-order valence-electron chi connectivity index (χ1n) is 8.18. The molecule has 0 saturated carbocycles. The fourth-order valence-electron chi connectivity index (χ4n) is 3.21. The lowest BCUT2D eigenvalue weighted by molar-refractivity contribution is -0.114. The average Bonchev–Trinajstić information content (AvgIpc) is 2.62. The van der Waals surface area contributed by atoms with E-state index >= 15 is 0 Å². The molecular weight excluding hydrogens is 332 g/mol. The second-order valence-corrected chi connectivity index (χ2v) is 6.04. The van der Waals surface area contributed by atoms with E-state index in [2.05, 4.69) is 5.32 Å². The van der Waals surface area contributed by atoms with Crippen LogP contribution >= 0.6 is 0 Å². The lowest BCUT2D eigenvalue weighted by atomic mass is 9.92. The molecule has 1 atom stereocenters. The summed E-state index contributed by atoms with van der Waals surface area (Å²) in [6.07, 6.45) is 0. The topological polar surface area (TPSA) is 78.9 Å². The number of ketones is 1. The first-order chi connectivity index (χ1) is 12.4. The Morgan fingerprint density at radius 3 is 2.50 bits per heavy atom. The van der Waals surface area contributed by atoms with E-state index in [1.165, 1.54) is 25.0 Å². The molecular formula is C20H20N2O4. The van der Waals surface area contributed by atoms with Crippen molar-refractivity contribution in [1.29, 1.82) is 0 Å². The van der Waals surface area contributed by atoms with Crippen molar-refractivity contribution in [2.75, 3.05) is 12.0 Å². The van der Waals surface area contributed by atoms with Crippen molar-refractivity contribution in [3.8, 4) is 11.5 Å². The van der Waals surface area contributed by atoms with Crippen LogP contribution in [0, 0.1) is 0 Å². The van der Waals surface area contributed by atoms with Crippen LogP contribution in [0.4, 0.5) is 10.5 Å². The lowest BCUT2D eigenvalue weighted by Crippen LogP contribution is -2.47. The summed E-state index contributed by atoms with van der Waals surface area (Å²) in [7, 11) is 1.45. The number of carbonyl (C=O) groups excluding carboxylic acids is 2. The quantitative estimate of drug-likeness (QED) is 0.882. The summed E-state index contributed by atoms with van der Waals surface area (Å²) in [6.45, 7) is 3.23. The molecule has 0 saturated heterocycles. The Morgan fingerprint density at radius 2 is 1.88 bits per heavy atom. The number of nitrogens with zero attached hydrogens (tertiary/aromatic N) is 1. The summed E-state index contributed by atoms with van der Waals surface area (Å²) >= 11 is 0. The van der Waals surface area contributed by atoms with Crippen LogP contribution in [0.3, 0.4) is 0 Å². The highest BCUT2D eigenvalue weighted by molar-refractivity contribution is 6.04. The van der Waals surface area contributed by atoms with Gasteiger partial charge in [-0.25, -0.2) is 4.79 Å². The molecule has 2 aromatic carbocycles. The number of urea groups is 1. The maximum absolute atomic E-state index is 12.8. The number of benzene rings is 2. The minimum Gasteiger partial charge on any atom is -0.504 e. The summed E-state index contributed by atoms with van der Waals surface area (Å²) in [4.78, 5) is 26.6. The van der Waals surface area contributed by atoms with Crippen LogP contribution in [-0.4, -0.2) is 24.0 Å². The van der Waals surface area contributed by atoms with Gasteiger partial charge in [-0.2, -0.15) is 0 Å². The van der Waals surface area contributed by atoms with E-state index in [0.29, 0.717) is 22.5 Å². The number of allylic oxidation sites excluding steroid dienone is 1. The van der Waals surface area contributed by atoms with Crippen molar-refractivity contribution in [3.63, 3.8) is 0 Å². The van der Waals surface area contributed by atoms with Gasteiger partial charge in [0.15, 0.2) is 17.3 Å². The number of rotatable bonds is 4. The summed E-state index contributed by atoms with van der Waals surface area (Å²) < 4.78 is 5.14. The molecule has 134 valence electrons. The molecule has 0 bridgehead atoms. The molecule has 6 nitrogen and oxygen atoms in total. The molecule has 3 rings (SSSR count). The maximum Gasteiger partial charge on any atom is 0.326 e. The number of phenols is 1. The van der Waals surface area contributed by atoms with Gasteiger partial charge in [0.05, 0.1) is 18.8 Å². The fraction of sp³-hybridized carbons (Fsp3) is 0.200. The standard InChI is InChI=1S/C20H20N2O4/c1-12-18(13(2)23)19(14-9-10-16(24)17(11-14)26-3)21-20(25)22(12)15-7-5-4-6-8-15/h4-11,19,24H,1-3H3,(H,21,25)/t19-/m1/s1. The number of aromatic hydroxyl groups is 1. The first kappa shape index (κ1) is 17.5. The third-order valence-corrected chi connectivity index (χ3v) is 4.42. The molecule has 1 aliphatic heterocycles. The predicted octanol–water partition coefficient (Wildman–Crippen LogP) is 3.53. The third kappa shape index (κ3) is 3.01. The van der Waals surface area contributed by atoms with E-state index in [4.69, 9.17) is 4.74 Å². The number of Topliss-reactive ketones (excluding diaryl/α,β-unsaturated/α-hetero) is 1. The second kappa shape index (κ2) is 6.92. The van der Waals surface area contributed by atoms with E-state index in [0.717, 1.165) is 0 Å². The Bertz CT molecular complexity index is 890. The number of carbonyl (C=O) groups is 2. The van der Waals surface area contributed by atoms with Crippen LogP contribution in [0.1, 0.15) is 25.5 Å². The van der Waals surface area contributed by atoms with Crippen LogP contribution in [0.5, 0.6) is 11.5 Å². The Kier molecular flexibility index (Phi) is 4.67. The third-order valence-electron chi connectivity index (χ3n) is 4.42. The van der Waals surface area contributed by atoms with Gasteiger partial charge in [-0.05, 0) is 43.7 Å². The van der Waals surface area contributed by atoms with Crippen molar-refractivity contribution in [2.24, 2.45) is 0 Å². The number of methoxy groups -OCH3 is 1. The van der Waals surface area contributed by atoms with E-state index in [9.17, 15) is 14.7 Å². The highest BCUT2D eigenvalue weighted by Gasteiger charge is 2.35. The summed E-state index contributed by atoms with van der Waals surface area (Å²) in [5, 5.41) is 12.7. The van der Waals surface area contributed by atoms with E-state index < -0.39 is 6.04 Å². The molecule has 0 spiro atoms. The largest absolute Gasteiger partial charge is 0.504 e. The van der Waals surface area contributed by atoms with Crippen molar-refractivity contribution in [3.05, 3.63) is 65.4 Å². The zero-order valence-electron chi connectivity index (χ0n) is 14.8. The van der Waals surface area contributed by atoms with Gasteiger partial charge < -0.3 is 15.2 Å². The predicted molar refractivity (Wildman–Crippen MR) is 98.2 cm³/mol. The van der Waals surface area contributed by atoms with Crippen molar-refractivity contribution < 1.29 is 19.4 Å². The minimum absolute atomic E-state index is 0.00521. The van der Waals surface area contributed by atoms with Gasteiger partial charge in [0.25, 0.3) is 0 Å². The van der Waals surface area contributed by atoms with Crippen LogP contribution in [0.15, 0.2) is 59.8 Å². The van der Waals surface area contributed by atoms with Crippen molar-refractivity contribution in [1.82, 2.24) is 5.32 Å². The van der Waals surface area contributed by atoms with Gasteiger partial charge in [0, 0.05) is 11.3 Å². The zero-order valence-corrected chi connectivity index (χ0v) is 14.8. The van der Waals surface area contributed by atoms with Gasteiger partial charge in [0.1, 0.15) is 0 Å². The van der Waals surface area contributed by atoms with E-state index in [1.807, 2.05) is 30.3 Å².